The number of aryl methyl sites for hydroxylation is 2. The van der Waals surface area contributed by atoms with E-state index in [1.165, 1.54) is 0 Å². The highest BCUT2D eigenvalue weighted by atomic mass is 16.6. The second kappa shape index (κ2) is 5.51. The first-order valence-electron chi connectivity index (χ1n) is 5.27. The zero-order valence-electron chi connectivity index (χ0n) is 9.91. The van der Waals surface area contributed by atoms with Gasteiger partial charge >= 0.3 is 6.09 Å². The molecule has 0 aliphatic heterocycles. The van der Waals surface area contributed by atoms with Gasteiger partial charge < -0.3 is 15.8 Å². The lowest BCUT2D eigenvalue weighted by atomic mass is 10.1. The van der Waals surface area contributed by atoms with Crippen molar-refractivity contribution >= 4 is 6.09 Å². The number of nitrogens with one attached hydrogen (secondary N) is 1. The Morgan fingerprint density at radius 2 is 1.94 bits per heavy atom. The van der Waals surface area contributed by atoms with Crippen molar-refractivity contribution in [2.24, 2.45) is 5.73 Å². The monoisotopic (exact) mass is 222 g/mol. The summed E-state index contributed by atoms with van der Waals surface area (Å²) >= 11 is 0. The third-order valence-corrected chi connectivity index (χ3v) is 1.97. The first-order chi connectivity index (χ1) is 7.47. The minimum atomic E-state index is -0.470. The molecule has 0 saturated heterocycles. The lowest BCUT2D eigenvalue weighted by Crippen LogP contribution is -2.36. The van der Waals surface area contributed by atoms with Gasteiger partial charge in [0.2, 0.25) is 0 Å². The van der Waals surface area contributed by atoms with E-state index in [0.29, 0.717) is 12.3 Å². The number of hydrogen-bond donors (Lipinski definition) is 2. The van der Waals surface area contributed by atoms with E-state index in [1.54, 1.807) is 0 Å². The number of carbonyl (C=O) groups is 1. The van der Waals surface area contributed by atoms with E-state index >= 15 is 0 Å². The standard InChI is InChI=1S/C12H18N2O2/c1-8-4-9(2)6-11(5-8)16-12(15)14-7-10(3)13/h4-6,10H,7,13H2,1-3H3,(H,14,15). The summed E-state index contributed by atoms with van der Waals surface area (Å²) in [7, 11) is 0. The summed E-state index contributed by atoms with van der Waals surface area (Å²) in [6.45, 7) is 6.14. The molecule has 16 heavy (non-hydrogen) atoms. The number of hydrogen-bond acceptors (Lipinski definition) is 3. The summed E-state index contributed by atoms with van der Waals surface area (Å²) in [6.07, 6.45) is -0.470. The van der Waals surface area contributed by atoms with Gasteiger partial charge in [-0.15, -0.1) is 0 Å². The highest BCUT2D eigenvalue weighted by Gasteiger charge is 2.05. The molecule has 1 unspecified atom stereocenters. The van der Waals surface area contributed by atoms with E-state index in [-0.39, 0.29) is 6.04 Å². The van der Waals surface area contributed by atoms with Crippen molar-refractivity contribution in [3.8, 4) is 5.75 Å². The molecule has 0 fully saturated rings. The first-order valence-corrected chi connectivity index (χ1v) is 5.27. The molecular formula is C12H18N2O2. The van der Waals surface area contributed by atoms with Gasteiger partial charge in [0.25, 0.3) is 0 Å². The molecule has 4 heteroatoms. The maximum Gasteiger partial charge on any atom is 0.412 e. The molecule has 0 aliphatic carbocycles. The van der Waals surface area contributed by atoms with Crippen molar-refractivity contribution in [1.82, 2.24) is 5.32 Å². The molecule has 1 atom stereocenters. The Labute approximate surface area is 95.8 Å². The fraction of sp³-hybridized carbons (Fsp3) is 0.417. The number of amides is 1. The van der Waals surface area contributed by atoms with Gasteiger partial charge in [0.15, 0.2) is 0 Å². The molecule has 1 amide bonds. The summed E-state index contributed by atoms with van der Waals surface area (Å²) in [5, 5.41) is 2.58. The summed E-state index contributed by atoms with van der Waals surface area (Å²) in [5.74, 6) is 0.555. The van der Waals surface area contributed by atoms with Crippen LogP contribution >= 0.6 is 0 Å². The topological polar surface area (TPSA) is 64.3 Å². The normalized spacial score (nSPS) is 12.0. The van der Waals surface area contributed by atoms with Gasteiger partial charge in [-0.3, -0.25) is 0 Å². The van der Waals surface area contributed by atoms with Crippen molar-refractivity contribution in [2.75, 3.05) is 6.54 Å². The Morgan fingerprint density at radius 1 is 1.38 bits per heavy atom. The van der Waals surface area contributed by atoms with Gasteiger partial charge in [-0.05, 0) is 44.0 Å². The van der Waals surface area contributed by atoms with E-state index in [9.17, 15) is 4.79 Å². The van der Waals surface area contributed by atoms with Gasteiger partial charge in [-0.25, -0.2) is 4.79 Å². The second-order valence-electron chi connectivity index (χ2n) is 4.07. The summed E-state index contributed by atoms with van der Waals surface area (Å²) in [6, 6.07) is 5.58. The molecule has 0 saturated carbocycles. The van der Waals surface area contributed by atoms with E-state index in [0.717, 1.165) is 11.1 Å². The van der Waals surface area contributed by atoms with Gasteiger partial charge in [0.05, 0.1) is 0 Å². The van der Waals surface area contributed by atoms with E-state index in [2.05, 4.69) is 5.32 Å². The zero-order valence-corrected chi connectivity index (χ0v) is 9.91. The number of rotatable bonds is 3. The molecule has 0 aliphatic rings. The zero-order chi connectivity index (χ0) is 12.1. The molecular weight excluding hydrogens is 204 g/mol. The second-order valence-corrected chi connectivity index (χ2v) is 4.07. The van der Waals surface area contributed by atoms with Crippen molar-refractivity contribution in [1.29, 1.82) is 0 Å². The van der Waals surface area contributed by atoms with Crippen molar-refractivity contribution in [2.45, 2.75) is 26.8 Å². The highest BCUT2D eigenvalue weighted by Crippen LogP contribution is 2.16. The van der Waals surface area contributed by atoms with Crippen LogP contribution in [-0.2, 0) is 0 Å². The van der Waals surface area contributed by atoms with Crippen LogP contribution in [0.1, 0.15) is 18.1 Å². The number of carbonyl (C=O) groups excluding carboxylic acids is 1. The quantitative estimate of drug-likeness (QED) is 0.818. The molecule has 0 radical (unpaired) electrons. The molecule has 1 aromatic carbocycles. The first kappa shape index (κ1) is 12.5. The van der Waals surface area contributed by atoms with Crippen LogP contribution in [0.15, 0.2) is 18.2 Å². The van der Waals surface area contributed by atoms with Crippen LogP contribution < -0.4 is 15.8 Å². The fourth-order valence-electron chi connectivity index (χ4n) is 1.38. The lowest BCUT2D eigenvalue weighted by molar-refractivity contribution is 0.200. The Balaban J connectivity index is 2.56. The SMILES string of the molecule is Cc1cc(C)cc(OC(=O)NCC(C)N)c1. The fourth-order valence-corrected chi connectivity index (χ4v) is 1.38. The summed E-state index contributed by atoms with van der Waals surface area (Å²) < 4.78 is 5.12. The molecule has 0 heterocycles. The highest BCUT2D eigenvalue weighted by molar-refractivity contribution is 5.70. The van der Waals surface area contributed by atoms with Crippen molar-refractivity contribution in [3.63, 3.8) is 0 Å². The minimum absolute atomic E-state index is 0.0770. The van der Waals surface area contributed by atoms with Gasteiger partial charge in [0, 0.05) is 12.6 Å². The molecule has 0 spiro atoms. The molecule has 0 bridgehead atoms. The molecule has 88 valence electrons. The summed E-state index contributed by atoms with van der Waals surface area (Å²) in [5.41, 5.74) is 7.64. The van der Waals surface area contributed by atoms with Crippen LogP contribution in [0.4, 0.5) is 4.79 Å². The van der Waals surface area contributed by atoms with Crippen molar-refractivity contribution < 1.29 is 9.53 Å². The smallest absolute Gasteiger partial charge is 0.410 e. The number of nitrogens with two attached hydrogens (primary N) is 1. The molecule has 1 rings (SSSR count). The third-order valence-electron chi connectivity index (χ3n) is 1.97. The predicted octanol–water partition coefficient (Wildman–Crippen LogP) is 1.74. The molecule has 0 aromatic heterocycles. The maximum absolute atomic E-state index is 11.4. The van der Waals surface area contributed by atoms with Gasteiger partial charge in [0.1, 0.15) is 5.75 Å². The maximum atomic E-state index is 11.4. The van der Waals surface area contributed by atoms with Gasteiger partial charge in [-0.2, -0.15) is 0 Å². The van der Waals surface area contributed by atoms with Crippen LogP contribution in [0.25, 0.3) is 0 Å². The van der Waals surface area contributed by atoms with Crippen molar-refractivity contribution in [3.05, 3.63) is 29.3 Å². The molecule has 4 nitrogen and oxygen atoms in total. The predicted molar refractivity (Wildman–Crippen MR) is 63.6 cm³/mol. The van der Waals surface area contributed by atoms with Crippen LogP contribution in [0.3, 0.4) is 0 Å². The van der Waals surface area contributed by atoms with E-state index in [4.69, 9.17) is 10.5 Å². The third kappa shape index (κ3) is 4.31. The van der Waals surface area contributed by atoms with E-state index < -0.39 is 6.09 Å². The number of benzene rings is 1. The molecule has 3 N–H and O–H groups in total. The average Bonchev–Trinajstić information content (AvgIpc) is 2.12. The Bertz CT molecular complexity index is 355. The largest absolute Gasteiger partial charge is 0.412 e. The Morgan fingerprint density at radius 3 is 2.44 bits per heavy atom. The average molecular weight is 222 g/mol. The molecule has 1 aromatic rings. The summed E-state index contributed by atoms with van der Waals surface area (Å²) in [4.78, 5) is 11.4. The Kier molecular flexibility index (Phi) is 4.31. The van der Waals surface area contributed by atoms with Crippen LogP contribution in [0.2, 0.25) is 0 Å². The van der Waals surface area contributed by atoms with Gasteiger partial charge in [-0.1, -0.05) is 6.07 Å². The van der Waals surface area contributed by atoms with Crippen LogP contribution in [0, 0.1) is 13.8 Å². The Hall–Kier alpha value is -1.55. The number of ether oxygens (including phenoxy) is 1. The lowest BCUT2D eigenvalue weighted by Gasteiger charge is -2.09. The van der Waals surface area contributed by atoms with Crippen LogP contribution in [-0.4, -0.2) is 18.7 Å². The van der Waals surface area contributed by atoms with E-state index in [1.807, 2.05) is 39.0 Å². The van der Waals surface area contributed by atoms with Crippen LogP contribution in [0.5, 0.6) is 5.75 Å². The minimum Gasteiger partial charge on any atom is -0.410 e.